The molecule has 0 saturated carbocycles. The lowest BCUT2D eigenvalue weighted by Gasteiger charge is -2.14. The van der Waals surface area contributed by atoms with Gasteiger partial charge < -0.3 is 11.5 Å². The maximum Gasteiger partial charge on any atom is 0.128 e. The van der Waals surface area contributed by atoms with Crippen LogP contribution in [0.1, 0.15) is 17.2 Å². The fourth-order valence-corrected chi connectivity index (χ4v) is 2.59. The van der Waals surface area contributed by atoms with Gasteiger partial charge in [0.15, 0.2) is 0 Å². The molecule has 0 spiro atoms. The number of rotatable bonds is 4. The van der Waals surface area contributed by atoms with Crippen LogP contribution in [0.2, 0.25) is 0 Å². The van der Waals surface area contributed by atoms with Crippen molar-refractivity contribution >= 4 is 17.6 Å². The lowest BCUT2D eigenvalue weighted by molar-refractivity contribution is 0.626. The van der Waals surface area contributed by atoms with Crippen LogP contribution in [0.4, 0.5) is 10.2 Å². The van der Waals surface area contributed by atoms with Crippen LogP contribution in [-0.4, -0.2) is 10.7 Å². The summed E-state index contributed by atoms with van der Waals surface area (Å²) in [6, 6.07) is 8.13. The minimum atomic E-state index is -0.235. The Bertz CT molecular complexity index is 557. The molecule has 3 nitrogen and oxygen atoms in total. The van der Waals surface area contributed by atoms with Gasteiger partial charge in [0.05, 0.1) is 0 Å². The van der Waals surface area contributed by atoms with Crippen molar-refractivity contribution in [1.82, 2.24) is 4.98 Å². The van der Waals surface area contributed by atoms with E-state index >= 15 is 0 Å². The second kappa shape index (κ2) is 6.04. The molecule has 0 aliphatic rings. The van der Waals surface area contributed by atoms with Crippen LogP contribution in [0.15, 0.2) is 41.4 Å². The molecule has 100 valence electrons. The van der Waals surface area contributed by atoms with E-state index < -0.39 is 0 Å². The molecule has 0 aliphatic heterocycles. The van der Waals surface area contributed by atoms with Crippen molar-refractivity contribution in [2.24, 2.45) is 5.73 Å². The third-order valence-electron chi connectivity index (χ3n) is 2.73. The number of pyridine rings is 1. The zero-order valence-electron chi connectivity index (χ0n) is 10.6. The van der Waals surface area contributed by atoms with Gasteiger partial charge in [-0.3, -0.25) is 0 Å². The highest BCUT2D eigenvalue weighted by Crippen LogP contribution is 2.26. The molecule has 0 aliphatic carbocycles. The van der Waals surface area contributed by atoms with E-state index in [4.69, 9.17) is 11.5 Å². The first-order valence-corrected chi connectivity index (χ1v) is 6.91. The summed E-state index contributed by atoms with van der Waals surface area (Å²) < 4.78 is 12.8. The zero-order chi connectivity index (χ0) is 13.8. The summed E-state index contributed by atoms with van der Waals surface area (Å²) in [6.07, 6.45) is 1.72. The van der Waals surface area contributed by atoms with Crippen molar-refractivity contribution in [3.63, 3.8) is 0 Å². The third-order valence-corrected chi connectivity index (χ3v) is 3.86. The minimum Gasteiger partial charge on any atom is -0.383 e. The van der Waals surface area contributed by atoms with Crippen molar-refractivity contribution in [1.29, 1.82) is 0 Å². The zero-order valence-corrected chi connectivity index (χ0v) is 11.5. The topological polar surface area (TPSA) is 64.9 Å². The molecule has 4 N–H and O–H groups in total. The van der Waals surface area contributed by atoms with E-state index in [0.29, 0.717) is 11.6 Å². The first-order valence-electron chi connectivity index (χ1n) is 5.92. The Morgan fingerprint density at radius 2 is 2.00 bits per heavy atom. The smallest absolute Gasteiger partial charge is 0.128 e. The van der Waals surface area contributed by atoms with Crippen molar-refractivity contribution < 1.29 is 4.39 Å². The normalized spacial score (nSPS) is 12.4. The number of benzene rings is 1. The fraction of sp³-hybridized carbons (Fsp3) is 0.214. The number of nitrogen functional groups attached to an aromatic ring is 1. The minimum absolute atomic E-state index is 0.192. The van der Waals surface area contributed by atoms with Crippen LogP contribution >= 0.6 is 11.8 Å². The standard InChI is InChI=1S/C14H16FN3S/c1-9-6-12(14(17)18-7-9)13(16)8-19-11-4-2-10(15)3-5-11/h2-7,13H,8,16H2,1H3,(H2,17,18). The number of nitrogens with two attached hydrogens (primary N) is 2. The Kier molecular flexibility index (Phi) is 4.39. The van der Waals surface area contributed by atoms with Gasteiger partial charge in [0.25, 0.3) is 0 Å². The molecule has 1 heterocycles. The van der Waals surface area contributed by atoms with Gasteiger partial charge >= 0.3 is 0 Å². The van der Waals surface area contributed by atoms with Gasteiger partial charge in [-0.2, -0.15) is 0 Å². The van der Waals surface area contributed by atoms with Crippen LogP contribution in [0, 0.1) is 12.7 Å². The van der Waals surface area contributed by atoms with Gasteiger partial charge in [-0.05, 0) is 42.8 Å². The molecule has 0 bridgehead atoms. The Hall–Kier alpha value is -1.59. The van der Waals surface area contributed by atoms with Crippen LogP contribution in [0.3, 0.4) is 0 Å². The lowest BCUT2D eigenvalue weighted by Crippen LogP contribution is -2.16. The molecular formula is C14H16FN3S. The van der Waals surface area contributed by atoms with Gasteiger partial charge in [0, 0.05) is 28.5 Å². The summed E-state index contributed by atoms with van der Waals surface area (Å²) in [5.41, 5.74) is 13.8. The lowest BCUT2D eigenvalue weighted by atomic mass is 10.1. The quantitative estimate of drug-likeness (QED) is 0.843. The van der Waals surface area contributed by atoms with Gasteiger partial charge in [0.2, 0.25) is 0 Å². The number of aryl methyl sites for hydroxylation is 1. The van der Waals surface area contributed by atoms with E-state index in [1.165, 1.54) is 12.1 Å². The highest BCUT2D eigenvalue weighted by atomic mass is 32.2. The van der Waals surface area contributed by atoms with Crippen LogP contribution in [-0.2, 0) is 0 Å². The maximum atomic E-state index is 12.8. The average molecular weight is 277 g/mol. The molecule has 19 heavy (non-hydrogen) atoms. The molecule has 0 fully saturated rings. The first kappa shape index (κ1) is 13.8. The molecule has 2 rings (SSSR count). The molecule has 0 radical (unpaired) electrons. The van der Waals surface area contributed by atoms with Crippen LogP contribution < -0.4 is 11.5 Å². The second-order valence-electron chi connectivity index (χ2n) is 4.36. The average Bonchev–Trinajstić information content (AvgIpc) is 2.40. The second-order valence-corrected chi connectivity index (χ2v) is 5.45. The number of nitrogens with zero attached hydrogens (tertiary/aromatic N) is 1. The summed E-state index contributed by atoms with van der Waals surface area (Å²) >= 11 is 1.57. The van der Waals surface area contributed by atoms with Crippen molar-refractivity contribution in [2.75, 3.05) is 11.5 Å². The maximum absolute atomic E-state index is 12.8. The van der Waals surface area contributed by atoms with Crippen molar-refractivity contribution in [2.45, 2.75) is 17.9 Å². The van der Waals surface area contributed by atoms with Gasteiger partial charge in [0.1, 0.15) is 11.6 Å². The highest BCUT2D eigenvalue weighted by Gasteiger charge is 2.11. The summed E-state index contributed by atoms with van der Waals surface area (Å²) in [5, 5.41) is 0. The SMILES string of the molecule is Cc1cnc(N)c(C(N)CSc2ccc(F)cc2)c1. The summed E-state index contributed by atoms with van der Waals surface area (Å²) in [5.74, 6) is 0.902. The van der Waals surface area contributed by atoms with E-state index in [1.54, 1.807) is 30.1 Å². The highest BCUT2D eigenvalue weighted by molar-refractivity contribution is 7.99. The molecule has 1 aromatic heterocycles. The Morgan fingerprint density at radius 1 is 1.32 bits per heavy atom. The van der Waals surface area contributed by atoms with Gasteiger partial charge in [-0.25, -0.2) is 9.37 Å². The van der Waals surface area contributed by atoms with Gasteiger partial charge in [-0.15, -0.1) is 11.8 Å². The van der Waals surface area contributed by atoms with E-state index in [9.17, 15) is 4.39 Å². The molecule has 1 atom stereocenters. The fourth-order valence-electron chi connectivity index (χ4n) is 1.71. The molecule has 2 aromatic rings. The first-order chi connectivity index (χ1) is 9.06. The molecular weight excluding hydrogens is 261 g/mol. The van der Waals surface area contributed by atoms with E-state index in [-0.39, 0.29) is 11.9 Å². The van der Waals surface area contributed by atoms with Gasteiger partial charge in [-0.1, -0.05) is 0 Å². The number of hydrogen-bond acceptors (Lipinski definition) is 4. The number of hydrogen-bond donors (Lipinski definition) is 2. The van der Waals surface area contributed by atoms with E-state index in [0.717, 1.165) is 16.0 Å². The number of thioether (sulfide) groups is 1. The molecule has 5 heteroatoms. The van der Waals surface area contributed by atoms with Crippen molar-refractivity contribution in [3.05, 3.63) is 53.5 Å². The number of halogens is 1. The summed E-state index contributed by atoms with van der Waals surface area (Å²) in [7, 11) is 0. The predicted molar refractivity (Wildman–Crippen MR) is 77.4 cm³/mol. The van der Waals surface area contributed by atoms with Crippen LogP contribution in [0.5, 0.6) is 0 Å². The number of anilines is 1. The Balaban J connectivity index is 2.03. The van der Waals surface area contributed by atoms with E-state index in [2.05, 4.69) is 4.98 Å². The molecule has 1 aromatic carbocycles. The summed E-state index contributed by atoms with van der Waals surface area (Å²) in [6.45, 7) is 1.95. The van der Waals surface area contributed by atoms with Crippen LogP contribution in [0.25, 0.3) is 0 Å². The Labute approximate surface area is 116 Å². The third kappa shape index (κ3) is 3.68. The Morgan fingerprint density at radius 3 is 2.68 bits per heavy atom. The predicted octanol–water partition coefficient (Wildman–Crippen LogP) is 2.90. The van der Waals surface area contributed by atoms with E-state index in [1.807, 2.05) is 13.0 Å². The monoisotopic (exact) mass is 277 g/mol. The molecule has 0 amide bonds. The molecule has 1 unspecified atom stereocenters. The summed E-state index contributed by atoms with van der Waals surface area (Å²) in [4.78, 5) is 5.09. The largest absolute Gasteiger partial charge is 0.383 e. The number of aromatic nitrogens is 1. The van der Waals surface area contributed by atoms with Crippen molar-refractivity contribution in [3.8, 4) is 0 Å². The molecule has 0 saturated heterocycles.